The number of aliphatic hydroxyl groups excluding tert-OH is 1. The number of carbonyl (C=O) groups is 2. The Morgan fingerprint density at radius 1 is 0.970 bits per heavy atom. The summed E-state index contributed by atoms with van der Waals surface area (Å²) in [6.07, 6.45) is -4.64. The second kappa shape index (κ2) is 8.41. The van der Waals surface area contributed by atoms with E-state index in [0.29, 0.717) is 10.6 Å². The molecule has 3 aromatic carbocycles. The van der Waals surface area contributed by atoms with Crippen LogP contribution >= 0.6 is 11.6 Å². The van der Waals surface area contributed by atoms with Gasteiger partial charge in [-0.25, -0.2) is 0 Å². The average molecular weight is 472 g/mol. The van der Waals surface area contributed by atoms with Crippen LogP contribution in [0.5, 0.6) is 0 Å². The van der Waals surface area contributed by atoms with Gasteiger partial charge in [0.05, 0.1) is 17.2 Å². The Kier molecular flexibility index (Phi) is 5.76. The van der Waals surface area contributed by atoms with Gasteiger partial charge in [-0.2, -0.15) is 13.2 Å². The van der Waals surface area contributed by atoms with Gasteiger partial charge in [0, 0.05) is 16.3 Å². The Morgan fingerprint density at radius 2 is 1.67 bits per heavy atom. The summed E-state index contributed by atoms with van der Waals surface area (Å²) in [6, 6.07) is 16.0. The number of hydrogen-bond acceptors (Lipinski definition) is 3. The molecule has 0 spiro atoms. The smallest absolute Gasteiger partial charge is 0.416 e. The number of alkyl halides is 3. The molecule has 0 saturated carbocycles. The fourth-order valence-electron chi connectivity index (χ4n) is 3.88. The van der Waals surface area contributed by atoms with Crippen LogP contribution in [0.15, 0.2) is 78.4 Å². The number of hydrogen-bond donors (Lipinski definition) is 1. The van der Waals surface area contributed by atoms with Crippen molar-refractivity contribution in [1.82, 2.24) is 0 Å². The predicted molar refractivity (Wildman–Crippen MR) is 119 cm³/mol. The van der Waals surface area contributed by atoms with Crippen LogP contribution in [0.2, 0.25) is 5.02 Å². The molecule has 0 radical (unpaired) electrons. The summed E-state index contributed by atoms with van der Waals surface area (Å²) in [7, 11) is 0. The number of benzene rings is 3. The summed E-state index contributed by atoms with van der Waals surface area (Å²) in [6.45, 7) is 1.80. The molecule has 0 aliphatic carbocycles. The molecule has 4 nitrogen and oxygen atoms in total. The van der Waals surface area contributed by atoms with Crippen LogP contribution in [0.25, 0.3) is 5.76 Å². The zero-order chi connectivity index (χ0) is 23.9. The van der Waals surface area contributed by atoms with E-state index < -0.39 is 35.2 Å². The molecule has 0 bridgehead atoms. The molecule has 1 aliphatic rings. The summed E-state index contributed by atoms with van der Waals surface area (Å²) in [5.41, 5.74) is 0.191. The van der Waals surface area contributed by atoms with Gasteiger partial charge >= 0.3 is 6.18 Å². The van der Waals surface area contributed by atoms with Gasteiger partial charge in [0.25, 0.3) is 11.7 Å². The lowest BCUT2D eigenvalue weighted by atomic mass is 9.94. The molecule has 1 fully saturated rings. The van der Waals surface area contributed by atoms with Crippen molar-refractivity contribution < 1.29 is 27.9 Å². The Balaban J connectivity index is 1.97. The predicted octanol–water partition coefficient (Wildman–Crippen LogP) is 6.29. The topological polar surface area (TPSA) is 57.6 Å². The number of amides is 1. The van der Waals surface area contributed by atoms with Crippen molar-refractivity contribution in [1.29, 1.82) is 0 Å². The first-order valence-corrected chi connectivity index (χ1v) is 10.3. The highest BCUT2D eigenvalue weighted by molar-refractivity contribution is 6.51. The lowest BCUT2D eigenvalue weighted by Crippen LogP contribution is -2.29. The molecule has 3 aromatic rings. The van der Waals surface area contributed by atoms with E-state index >= 15 is 0 Å². The number of Topliss-reactive ketones (excluding diaryl/α,β-unsaturated/α-hetero) is 1. The molecule has 1 unspecified atom stereocenters. The lowest BCUT2D eigenvalue weighted by Gasteiger charge is -2.26. The summed E-state index contributed by atoms with van der Waals surface area (Å²) in [5.74, 6) is -2.50. The van der Waals surface area contributed by atoms with Crippen molar-refractivity contribution in [3.05, 3.63) is 106 Å². The number of rotatable bonds is 3. The van der Waals surface area contributed by atoms with E-state index in [1.54, 1.807) is 43.3 Å². The number of halogens is 4. The summed E-state index contributed by atoms with van der Waals surface area (Å²) in [4.78, 5) is 27.1. The molecule has 1 aliphatic heterocycles. The third kappa shape index (κ3) is 4.24. The Labute approximate surface area is 192 Å². The second-order valence-electron chi connectivity index (χ2n) is 7.64. The van der Waals surface area contributed by atoms with Crippen LogP contribution in [-0.4, -0.2) is 16.8 Å². The van der Waals surface area contributed by atoms with Gasteiger partial charge in [-0.05, 0) is 42.8 Å². The number of ketones is 1. The zero-order valence-corrected chi connectivity index (χ0v) is 18.0. The van der Waals surface area contributed by atoms with Crippen LogP contribution in [0, 0.1) is 6.92 Å². The highest BCUT2D eigenvalue weighted by Gasteiger charge is 2.47. The number of aliphatic hydroxyl groups is 1. The van der Waals surface area contributed by atoms with Crippen molar-refractivity contribution in [2.45, 2.75) is 19.1 Å². The van der Waals surface area contributed by atoms with Gasteiger partial charge in [-0.15, -0.1) is 0 Å². The molecule has 33 heavy (non-hydrogen) atoms. The van der Waals surface area contributed by atoms with Crippen LogP contribution < -0.4 is 4.90 Å². The second-order valence-corrected chi connectivity index (χ2v) is 8.08. The quantitative estimate of drug-likeness (QED) is 0.277. The highest BCUT2D eigenvalue weighted by Crippen LogP contribution is 2.43. The summed E-state index contributed by atoms with van der Waals surface area (Å²) >= 11 is 6.02. The molecule has 1 heterocycles. The Bertz CT molecular complexity index is 1300. The van der Waals surface area contributed by atoms with E-state index in [4.69, 9.17) is 11.6 Å². The van der Waals surface area contributed by atoms with E-state index in [1.165, 1.54) is 24.3 Å². The SMILES string of the molecule is Cc1cccc(C2/C(=C(\O)c3cccc(Cl)c3)C(=O)C(=O)N2c2cccc(C(F)(F)F)c2)c1. The third-order valence-electron chi connectivity index (χ3n) is 5.35. The lowest BCUT2D eigenvalue weighted by molar-refractivity contribution is -0.137. The average Bonchev–Trinajstić information content (AvgIpc) is 3.03. The minimum absolute atomic E-state index is 0.108. The van der Waals surface area contributed by atoms with Crippen molar-refractivity contribution in [2.75, 3.05) is 4.90 Å². The van der Waals surface area contributed by atoms with E-state index in [1.807, 2.05) is 0 Å². The van der Waals surface area contributed by atoms with Crippen molar-refractivity contribution in [3.8, 4) is 0 Å². The first kappa shape index (κ1) is 22.6. The molecule has 0 aromatic heterocycles. The Hall–Kier alpha value is -3.58. The number of anilines is 1. The maximum absolute atomic E-state index is 13.3. The van der Waals surface area contributed by atoms with Crippen molar-refractivity contribution in [2.24, 2.45) is 0 Å². The van der Waals surface area contributed by atoms with E-state index in [9.17, 15) is 27.9 Å². The molecular formula is C25H17ClF3NO3. The van der Waals surface area contributed by atoms with Crippen LogP contribution in [0.3, 0.4) is 0 Å². The number of carbonyl (C=O) groups excluding carboxylic acids is 2. The van der Waals surface area contributed by atoms with Gasteiger partial charge < -0.3 is 5.11 Å². The molecule has 4 rings (SSSR count). The molecule has 168 valence electrons. The fraction of sp³-hybridized carbons (Fsp3) is 0.120. The van der Waals surface area contributed by atoms with Gasteiger partial charge in [0.1, 0.15) is 5.76 Å². The van der Waals surface area contributed by atoms with Gasteiger partial charge in [0.2, 0.25) is 0 Å². The monoisotopic (exact) mass is 471 g/mol. The van der Waals surface area contributed by atoms with Gasteiger partial charge in [-0.1, -0.05) is 59.6 Å². The fourth-order valence-corrected chi connectivity index (χ4v) is 4.07. The van der Waals surface area contributed by atoms with E-state index in [0.717, 1.165) is 22.6 Å². The molecule has 8 heteroatoms. The maximum atomic E-state index is 13.3. The molecule has 1 atom stereocenters. The van der Waals surface area contributed by atoms with Crippen molar-refractivity contribution in [3.63, 3.8) is 0 Å². The molecule has 1 N–H and O–H groups in total. The third-order valence-corrected chi connectivity index (χ3v) is 5.59. The zero-order valence-electron chi connectivity index (χ0n) is 17.2. The van der Waals surface area contributed by atoms with E-state index in [-0.39, 0.29) is 16.8 Å². The number of aryl methyl sites for hydroxylation is 1. The van der Waals surface area contributed by atoms with Gasteiger partial charge in [0.15, 0.2) is 0 Å². The summed E-state index contributed by atoms with van der Waals surface area (Å²) in [5, 5.41) is 11.3. The normalized spacial score (nSPS) is 18.1. The van der Waals surface area contributed by atoms with Crippen LogP contribution in [-0.2, 0) is 15.8 Å². The minimum Gasteiger partial charge on any atom is -0.507 e. The van der Waals surface area contributed by atoms with Crippen molar-refractivity contribution >= 4 is 34.7 Å². The molecular weight excluding hydrogens is 455 g/mol. The summed E-state index contributed by atoms with van der Waals surface area (Å²) < 4.78 is 40.0. The molecule has 1 saturated heterocycles. The molecule has 1 amide bonds. The Morgan fingerprint density at radius 3 is 2.33 bits per heavy atom. The standard InChI is InChI=1S/C25H17ClF3NO3/c1-14-5-2-6-15(11-14)21-20(22(31)16-7-3-9-18(26)12-16)23(32)24(33)30(21)19-10-4-8-17(13-19)25(27,28)29/h2-13,21,31H,1H3/b22-20+. The van der Waals surface area contributed by atoms with E-state index in [2.05, 4.69) is 0 Å². The first-order chi connectivity index (χ1) is 15.6. The first-order valence-electron chi connectivity index (χ1n) is 9.88. The number of nitrogens with zero attached hydrogens (tertiary/aromatic N) is 1. The maximum Gasteiger partial charge on any atom is 0.416 e. The largest absolute Gasteiger partial charge is 0.507 e. The van der Waals surface area contributed by atoms with Crippen LogP contribution in [0.4, 0.5) is 18.9 Å². The van der Waals surface area contributed by atoms with Crippen LogP contribution in [0.1, 0.15) is 28.3 Å². The minimum atomic E-state index is -4.64. The highest BCUT2D eigenvalue weighted by atomic mass is 35.5. The van der Waals surface area contributed by atoms with Gasteiger partial charge in [-0.3, -0.25) is 14.5 Å².